The maximum Gasteiger partial charge on any atom is 0.257 e. The summed E-state index contributed by atoms with van der Waals surface area (Å²) in [6, 6.07) is 5.31. The number of carbonyl (C=O) groups excluding carboxylic acids is 2. The third-order valence-electron chi connectivity index (χ3n) is 3.70. The summed E-state index contributed by atoms with van der Waals surface area (Å²) >= 11 is 0. The number of carbonyl (C=O) groups is 2. The minimum atomic E-state index is -0.457. The molecule has 4 N–H and O–H groups in total. The van der Waals surface area contributed by atoms with Gasteiger partial charge in [0.15, 0.2) is 0 Å². The van der Waals surface area contributed by atoms with Crippen molar-refractivity contribution in [2.75, 3.05) is 36.7 Å². The van der Waals surface area contributed by atoms with E-state index in [9.17, 15) is 14.4 Å². The van der Waals surface area contributed by atoms with Crippen molar-refractivity contribution >= 4 is 29.3 Å². The fourth-order valence-corrected chi connectivity index (χ4v) is 2.50. The van der Waals surface area contributed by atoms with Crippen molar-refractivity contribution < 1.29 is 19.1 Å². The van der Waals surface area contributed by atoms with Gasteiger partial charge < -0.3 is 20.1 Å². The Hall–Kier alpha value is -3.56. The van der Waals surface area contributed by atoms with Crippen molar-refractivity contribution in [3.05, 3.63) is 34.1 Å². The van der Waals surface area contributed by atoms with Crippen LogP contribution in [0, 0.1) is 0 Å². The summed E-state index contributed by atoms with van der Waals surface area (Å²) in [4.78, 5) is 41.7. The third-order valence-corrected chi connectivity index (χ3v) is 3.70. The lowest BCUT2D eigenvalue weighted by Crippen LogP contribution is -2.24. The lowest BCUT2D eigenvalue weighted by atomic mass is 10.2. The van der Waals surface area contributed by atoms with Gasteiger partial charge in [-0.15, -0.1) is 0 Å². The van der Waals surface area contributed by atoms with Crippen LogP contribution in [0.3, 0.4) is 0 Å². The predicted molar refractivity (Wildman–Crippen MR) is 105 cm³/mol. The summed E-state index contributed by atoms with van der Waals surface area (Å²) in [6.45, 7) is 2.96. The van der Waals surface area contributed by atoms with E-state index in [2.05, 4.69) is 25.9 Å². The molecule has 0 aliphatic rings. The second-order valence-corrected chi connectivity index (χ2v) is 5.85. The van der Waals surface area contributed by atoms with Crippen molar-refractivity contribution in [2.24, 2.45) is 0 Å². The van der Waals surface area contributed by atoms with Crippen molar-refractivity contribution in [3.8, 4) is 11.5 Å². The Morgan fingerprint density at radius 3 is 2.43 bits per heavy atom. The van der Waals surface area contributed by atoms with E-state index in [1.165, 1.54) is 13.8 Å². The van der Waals surface area contributed by atoms with Crippen LogP contribution in [0.5, 0.6) is 11.5 Å². The summed E-state index contributed by atoms with van der Waals surface area (Å²) in [5.41, 5.74) is 0.516. The van der Waals surface area contributed by atoms with Crippen molar-refractivity contribution in [1.82, 2.24) is 9.97 Å². The number of hydrogen-bond acceptors (Lipinski definition) is 7. The van der Waals surface area contributed by atoms with Crippen LogP contribution in [0.2, 0.25) is 0 Å². The first-order valence-corrected chi connectivity index (χ1v) is 8.48. The molecule has 0 unspecified atom stereocenters. The average molecular weight is 389 g/mol. The van der Waals surface area contributed by atoms with E-state index in [0.717, 1.165) is 0 Å². The Morgan fingerprint density at radius 2 is 1.82 bits per heavy atom. The van der Waals surface area contributed by atoms with Gasteiger partial charge in [0, 0.05) is 26.5 Å². The molecule has 2 aromatic rings. The Bertz CT molecular complexity index is 925. The van der Waals surface area contributed by atoms with E-state index < -0.39 is 11.5 Å². The molecule has 2 rings (SSSR count). The van der Waals surface area contributed by atoms with E-state index in [4.69, 9.17) is 9.47 Å². The molecule has 0 aliphatic heterocycles. The SMILES string of the molecule is COc1ccc(OC)c(NCCc2c(NC(C)=O)nc(NC(C)=O)[nH]c2=O)c1. The van der Waals surface area contributed by atoms with Gasteiger partial charge in [-0.2, -0.15) is 4.98 Å². The maximum atomic E-state index is 12.4. The lowest BCUT2D eigenvalue weighted by molar-refractivity contribution is -0.115. The molecular formula is C18H23N5O5. The van der Waals surface area contributed by atoms with E-state index in [-0.39, 0.29) is 29.7 Å². The number of aromatic amines is 1. The minimum Gasteiger partial charge on any atom is -0.497 e. The topological polar surface area (TPSA) is 134 Å². The number of aromatic nitrogens is 2. The number of nitrogens with zero attached hydrogens (tertiary/aromatic N) is 1. The van der Waals surface area contributed by atoms with Crippen LogP contribution in [-0.2, 0) is 16.0 Å². The summed E-state index contributed by atoms with van der Waals surface area (Å²) in [6.07, 6.45) is 0.263. The molecule has 0 atom stereocenters. The molecule has 0 fully saturated rings. The second-order valence-electron chi connectivity index (χ2n) is 5.85. The Balaban J connectivity index is 2.22. The maximum absolute atomic E-state index is 12.4. The zero-order valence-electron chi connectivity index (χ0n) is 16.1. The highest BCUT2D eigenvalue weighted by Crippen LogP contribution is 2.28. The van der Waals surface area contributed by atoms with Gasteiger partial charge in [0.25, 0.3) is 5.56 Å². The number of amides is 2. The molecule has 28 heavy (non-hydrogen) atoms. The molecule has 0 radical (unpaired) electrons. The molecule has 1 aromatic carbocycles. The van der Waals surface area contributed by atoms with Gasteiger partial charge in [-0.25, -0.2) is 0 Å². The van der Waals surface area contributed by atoms with Gasteiger partial charge in [-0.3, -0.25) is 24.7 Å². The molecule has 0 spiro atoms. The normalized spacial score (nSPS) is 10.1. The summed E-state index contributed by atoms with van der Waals surface area (Å²) in [5.74, 6) is 0.566. The summed E-state index contributed by atoms with van der Waals surface area (Å²) in [7, 11) is 3.12. The number of anilines is 3. The zero-order chi connectivity index (χ0) is 20.7. The first kappa shape index (κ1) is 20.7. The van der Waals surface area contributed by atoms with Gasteiger partial charge >= 0.3 is 0 Å². The predicted octanol–water partition coefficient (Wildman–Crippen LogP) is 1.36. The van der Waals surface area contributed by atoms with E-state index in [1.807, 2.05) is 0 Å². The first-order valence-electron chi connectivity index (χ1n) is 8.48. The van der Waals surface area contributed by atoms with Crippen LogP contribution in [0.1, 0.15) is 19.4 Å². The van der Waals surface area contributed by atoms with Crippen molar-refractivity contribution in [1.29, 1.82) is 0 Å². The van der Waals surface area contributed by atoms with E-state index in [0.29, 0.717) is 23.7 Å². The van der Waals surface area contributed by atoms with Gasteiger partial charge in [0.2, 0.25) is 17.8 Å². The van der Waals surface area contributed by atoms with Gasteiger partial charge in [-0.05, 0) is 18.6 Å². The molecule has 0 bridgehead atoms. The summed E-state index contributed by atoms with van der Waals surface area (Å²) < 4.78 is 10.5. The van der Waals surface area contributed by atoms with Crippen molar-refractivity contribution in [3.63, 3.8) is 0 Å². The molecule has 2 amide bonds. The van der Waals surface area contributed by atoms with Gasteiger partial charge in [0.05, 0.1) is 25.5 Å². The number of benzene rings is 1. The Morgan fingerprint density at radius 1 is 1.11 bits per heavy atom. The smallest absolute Gasteiger partial charge is 0.257 e. The van der Waals surface area contributed by atoms with Crippen molar-refractivity contribution in [2.45, 2.75) is 20.3 Å². The zero-order valence-corrected chi connectivity index (χ0v) is 16.1. The average Bonchev–Trinajstić information content (AvgIpc) is 2.62. The quantitative estimate of drug-likeness (QED) is 0.535. The molecule has 0 aliphatic carbocycles. The van der Waals surface area contributed by atoms with Gasteiger partial charge in [0.1, 0.15) is 17.3 Å². The van der Waals surface area contributed by atoms with Gasteiger partial charge in [-0.1, -0.05) is 0 Å². The van der Waals surface area contributed by atoms with E-state index in [1.54, 1.807) is 32.4 Å². The van der Waals surface area contributed by atoms with Crippen LogP contribution in [0.4, 0.5) is 17.5 Å². The fraction of sp³-hybridized carbons (Fsp3) is 0.333. The molecule has 150 valence electrons. The number of methoxy groups -OCH3 is 2. The molecule has 10 heteroatoms. The number of ether oxygens (including phenoxy) is 2. The number of nitrogens with one attached hydrogen (secondary N) is 4. The number of H-pyrrole nitrogens is 1. The lowest BCUT2D eigenvalue weighted by Gasteiger charge is -2.14. The van der Waals surface area contributed by atoms with Crippen LogP contribution < -0.4 is 31.0 Å². The van der Waals surface area contributed by atoms with Crippen LogP contribution in [-0.4, -0.2) is 42.5 Å². The standard InChI is InChI=1S/C18H23N5O5/c1-10(24)20-16-13(17(26)23-18(22-16)21-11(2)25)7-8-19-14-9-12(27-3)5-6-15(14)28-4/h5-6,9,19H,7-8H2,1-4H3,(H3,20,21,22,23,24,25,26). The number of rotatable bonds is 8. The Labute approximate surface area is 161 Å². The Kier molecular flexibility index (Phi) is 6.96. The molecule has 1 aromatic heterocycles. The van der Waals surface area contributed by atoms with Crippen LogP contribution in [0.25, 0.3) is 0 Å². The fourth-order valence-electron chi connectivity index (χ4n) is 2.50. The largest absolute Gasteiger partial charge is 0.497 e. The van der Waals surface area contributed by atoms with Crippen LogP contribution in [0.15, 0.2) is 23.0 Å². The molecule has 1 heterocycles. The minimum absolute atomic E-state index is 0.0348. The van der Waals surface area contributed by atoms with E-state index >= 15 is 0 Å². The molecular weight excluding hydrogens is 366 g/mol. The first-order chi connectivity index (χ1) is 13.3. The third kappa shape index (κ3) is 5.47. The molecule has 10 nitrogen and oxygen atoms in total. The summed E-state index contributed by atoms with van der Waals surface area (Å²) in [5, 5.41) is 8.09. The highest BCUT2D eigenvalue weighted by molar-refractivity contribution is 5.89. The monoisotopic (exact) mass is 389 g/mol. The second kappa shape index (κ2) is 9.40. The highest BCUT2D eigenvalue weighted by atomic mass is 16.5. The number of hydrogen-bond donors (Lipinski definition) is 4. The van der Waals surface area contributed by atoms with Crippen LogP contribution >= 0.6 is 0 Å². The molecule has 0 saturated heterocycles. The highest BCUT2D eigenvalue weighted by Gasteiger charge is 2.14. The molecule has 0 saturated carbocycles.